The summed E-state index contributed by atoms with van der Waals surface area (Å²) in [6.07, 6.45) is 0. The van der Waals surface area contributed by atoms with Crippen LogP contribution in [0.1, 0.15) is 24.7 Å². The van der Waals surface area contributed by atoms with Crippen LogP contribution in [0.5, 0.6) is 0 Å². The molecule has 1 nitrogen and oxygen atoms in total. The molecule has 0 amide bonds. The molecular formula is C6H18OSi2. The van der Waals surface area contributed by atoms with Gasteiger partial charge in [-0.25, -0.2) is 0 Å². The van der Waals surface area contributed by atoms with Gasteiger partial charge in [-0.15, -0.1) is 0 Å². The van der Waals surface area contributed by atoms with Crippen molar-refractivity contribution in [3.63, 3.8) is 0 Å². The van der Waals surface area contributed by atoms with E-state index >= 15 is 0 Å². The maximum Gasteiger partial charge on any atom is 0.170 e. The van der Waals surface area contributed by atoms with Gasteiger partial charge in [0.15, 0.2) is 16.6 Å². The molecule has 9 heavy (non-hydrogen) atoms. The lowest BCUT2D eigenvalue weighted by molar-refractivity contribution is 0.559. The minimum Gasteiger partial charge on any atom is -0.456 e. The molecule has 0 aliphatic rings. The first kappa shape index (κ1) is 0.950. The normalized spacial score (nSPS) is 52.0. The van der Waals surface area contributed by atoms with Gasteiger partial charge in [0.05, 0.1) is 0 Å². The van der Waals surface area contributed by atoms with E-state index in [1.807, 2.05) is 0 Å². The SMILES string of the molecule is [2H]C([2H])([2H])[Si](O[Si](C([2H])([2H])[2H])(C([2H])([2H])[2H])C([2H])([2H])[2H])(C([2H])([2H])[2H])C([2H])([2H])[2H]. The lowest BCUT2D eigenvalue weighted by Crippen LogP contribution is -2.39. The average molecular weight is 180 g/mol. The number of hydrogen-bond acceptors (Lipinski definition) is 1. The van der Waals surface area contributed by atoms with Crippen molar-refractivity contribution in [3.05, 3.63) is 0 Å². The van der Waals surface area contributed by atoms with Gasteiger partial charge in [-0.1, -0.05) is 0 Å². The standard InChI is InChI=1S/C6H18OSi2/c1-8(2,3)7-9(4,5)6/h1-6H3/i1D3,2D3,3D3,4D3,5D3,6D3. The van der Waals surface area contributed by atoms with E-state index in [2.05, 4.69) is 0 Å². The van der Waals surface area contributed by atoms with Crippen molar-refractivity contribution < 1.29 is 28.8 Å². The fourth-order valence-electron chi connectivity index (χ4n) is 0.230. The van der Waals surface area contributed by atoms with Crippen LogP contribution >= 0.6 is 0 Å². The van der Waals surface area contributed by atoms with Gasteiger partial charge in [0, 0.05) is 24.7 Å². The van der Waals surface area contributed by atoms with E-state index in [1.165, 1.54) is 0 Å². The van der Waals surface area contributed by atoms with Gasteiger partial charge in [-0.2, -0.15) is 0 Å². The third-order valence-corrected chi connectivity index (χ3v) is 2.76. The molecule has 0 aromatic carbocycles. The molecular weight excluding hydrogens is 144 g/mol. The first-order chi connectivity index (χ1) is 11.2. The van der Waals surface area contributed by atoms with Crippen LogP contribution in [0.2, 0.25) is 38.9 Å². The predicted molar refractivity (Wildman–Crippen MR) is 47.8 cm³/mol. The maximum absolute atomic E-state index is 7.46. The molecule has 0 heterocycles. The summed E-state index contributed by atoms with van der Waals surface area (Å²) in [6, 6.07) is 0. The molecule has 0 aromatic heterocycles. The molecule has 0 saturated heterocycles. The Labute approximate surface area is 86.0 Å². The molecule has 0 aliphatic carbocycles. The van der Waals surface area contributed by atoms with Crippen molar-refractivity contribution in [1.82, 2.24) is 0 Å². The van der Waals surface area contributed by atoms with Crippen LogP contribution in [0.25, 0.3) is 0 Å². The molecule has 0 saturated carbocycles. The van der Waals surface area contributed by atoms with Crippen LogP contribution in [0.3, 0.4) is 0 Å². The summed E-state index contributed by atoms with van der Waals surface area (Å²) in [5, 5.41) is 0. The van der Waals surface area contributed by atoms with Crippen molar-refractivity contribution in [2.45, 2.75) is 38.9 Å². The van der Waals surface area contributed by atoms with Gasteiger partial charge in [0.1, 0.15) is 0 Å². The van der Waals surface area contributed by atoms with E-state index in [9.17, 15) is 0 Å². The van der Waals surface area contributed by atoms with E-state index < -0.39 is 55.5 Å². The van der Waals surface area contributed by atoms with E-state index in [0.29, 0.717) is 0 Å². The summed E-state index contributed by atoms with van der Waals surface area (Å²) < 4.78 is 139. The summed E-state index contributed by atoms with van der Waals surface area (Å²) >= 11 is 0. The van der Waals surface area contributed by atoms with Crippen molar-refractivity contribution in [2.24, 2.45) is 0 Å². The molecule has 0 fully saturated rings. The Hall–Kier alpha value is 0.394. The van der Waals surface area contributed by atoms with Gasteiger partial charge >= 0.3 is 0 Å². The summed E-state index contributed by atoms with van der Waals surface area (Å²) in [7, 11) is -12.8. The fourth-order valence-corrected chi connectivity index (χ4v) is 2.07. The van der Waals surface area contributed by atoms with Crippen molar-refractivity contribution in [3.8, 4) is 0 Å². The third-order valence-electron chi connectivity index (χ3n) is 0.306. The highest BCUT2D eigenvalue weighted by atomic mass is 28.4. The van der Waals surface area contributed by atoms with Gasteiger partial charge in [0.2, 0.25) is 0 Å². The molecule has 0 unspecified atom stereocenters. The van der Waals surface area contributed by atoms with Crippen molar-refractivity contribution in [2.75, 3.05) is 0 Å². The fraction of sp³-hybridized carbons (Fsp3) is 1.00. The molecule has 0 atom stereocenters. The smallest absolute Gasteiger partial charge is 0.170 e. The van der Waals surface area contributed by atoms with E-state index in [0.717, 1.165) is 0 Å². The molecule has 0 bridgehead atoms. The Morgan fingerprint density at radius 1 is 0.889 bits per heavy atom. The molecule has 56 valence electrons. The number of hydrogen-bond donors (Lipinski definition) is 0. The summed E-state index contributed by atoms with van der Waals surface area (Å²) in [6.45, 7) is -23.9. The van der Waals surface area contributed by atoms with Crippen LogP contribution in [-0.4, -0.2) is 16.6 Å². The topological polar surface area (TPSA) is 9.23 Å². The van der Waals surface area contributed by atoms with Crippen LogP contribution < -0.4 is 0 Å². The van der Waals surface area contributed by atoms with Crippen molar-refractivity contribution >= 4 is 16.6 Å². The van der Waals surface area contributed by atoms with E-state index in [-0.39, 0.29) is 0 Å². The zero-order chi connectivity index (χ0) is 22.7. The zero-order valence-corrected chi connectivity index (χ0v) is 6.41. The summed E-state index contributed by atoms with van der Waals surface area (Å²) in [5.41, 5.74) is 0. The Kier molecular flexibility index (Phi) is 0.270. The minimum absolute atomic E-state index is 3.98. The predicted octanol–water partition coefficient (Wildman–Crippen LogP) is 2.67. The molecule has 0 N–H and O–H groups in total. The van der Waals surface area contributed by atoms with Gasteiger partial charge in [0.25, 0.3) is 0 Å². The summed E-state index contributed by atoms with van der Waals surface area (Å²) in [4.78, 5) is 0. The second-order valence-corrected chi connectivity index (χ2v) is 5.01. The molecule has 0 rings (SSSR count). The van der Waals surface area contributed by atoms with Crippen molar-refractivity contribution in [1.29, 1.82) is 0 Å². The van der Waals surface area contributed by atoms with Crippen LogP contribution in [-0.2, 0) is 4.12 Å². The minimum atomic E-state index is -6.38. The highest BCUT2D eigenvalue weighted by Crippen LogP contribution is 2.12. The Morgan fingerprint density at radius 2 is 1.22 bits per heavy atom. The van der Waals surface area contributed by atoms with Gasteiger partial charge in [-0.3, -0.25) is 0 Å². The zero-order valence-electron chi connectivity index (χ0n) is 22.4. The Balaban J connectivity index is 7.45. The monoisotopic (exact) mass is 180 g/mol. The lowest BCUT2D eigenvalue weighted by atomic mass is 11.8. The van der Waals surface area contributed by atoms with Crippen LogP contribution in [0.15, 0.2) is 0 Å². The second-order valence-electron chi connectivity index (χ2n) is 1.46. The first-order valence-electron chi connectivity index (χ1n) is 10.9. The Bertz CT molecular complexity index is 405. The highest BCUT2D eigenvalue weighted by molar-refractivity contribution is 6.83. The number of rotatable bonds is 2. The quantitative estimate of drug-likeness (QED) is 0.594. The molecule has 3 heteroatoms. The molecule has 0 aromatic rings. The third kappa shape index (κ3) is 8.39. The average Bonchev–Trinajstić information content (AvgIpc) is 2.16. The van der Waals surface area contributed by atoms with Gasteiger partial charge in [-0.05, 0) is 38.9 Å². The van der Waals surface area contributed by atoms with E-state index in [1.54, 1.807) is 0 Å². The maximum atomic E-state index is 7.46. The van der Waals surface area contributed by atoms with E-state index in [4.69, 9.17) is 28.8 Å². The highest BCUT2D eigenvalue weighted by Gasteiger charge is 2.24. The van der Waals surface area contributed by atoms with Gasteiger partial charge < -0.3 is 4.12 Å². The molecule has 0 aliphatic heterocycles. The lowest BCUT2D eigenvalue weighted by Gasteiger charge is -2.27. The first-order valence-corrected chi connectivity index (χ1v) is 5.72. The molecule has 0 radical (unpaired) electrons. The summed E-state index contributed by atoms with van der Waals surface area (Å²) in [5.74, 6) is 0. The van der Waals surface area contributed by atoms with Crippen LogP contribution in [0.4, 0.5) is 0 Å². The largest absolute Gasteiger partial charge is 0.456 e. The molecule has 0 spiro atoms. The Morgan fingerprint density at radius 3 is 1.44 bits per heavy atom. The van der Waals surface area contributed by atoms with Crippen LogP contribution in [0, 0.1) is 0 Å². The second kappa shape index (κ2) is 2.56.